The van der Waals surface area contributed by atoms with Gasteiger partial charge in [-0.15, -0.1) is 0 Å². The van der Waals surface area contributed by atoms with Gasteiger partial charge in [-0.3, -0.25) is 0 Å². The lowest BCUT2D eigenvalue weighted by molar-refractivity contribution is -0.137. The number of rotatable bonds is 3. The minimum Gasteiger partial charge on any atom is -0.377 e. The summed E-state index contributed by atoms with van der Waals surface area (Å²) in [4.78, 5) is -0.485. The predicted molar refractivity (Wildman–Crippen MR) is 70.7 cm³/mol. The molecular weight excluding hydrogens is 348 g/mol. The van der Waals surface area contributed by atoms with Gasteiger partial charge in [0.15, 0.2) is 5.75 Å². The topological polar surface area (TPSA) is 43.4 Å². The Bertz CT molecular complexity index is 786. The van der Waals surface area contributed by atoms with E-state index in [1.165, 1.54) is 0 Å². The molecular formula is C13H7ClF4O3S. The van der Waals surface area contributed by atoms with Crippen LogP contribution in [0.5, 0.6) is 5.75 Å². The van der Waals surface area contributed by atoms with Gasteiger partial charge in [-0.2, -0.15) is 21.6 Å². The van der Waals surface area contributed by atoms with E-state index in [0.717, 1.165) is 30.3 Å². The van der Waals surface area contributed by atoms with Gasteiger partial charge in [-0.25, -0.2) is 4.39 Å². The zero-order chi connectivity index (χ0) is 16.5. The summed E-state index contributed by atoms with van der Waals surface area (Å²) in [5, 5.41) is -0.282. The minimum absolute atomic E-state index is 0.282. The molecule has 0 fully saturated rings. The van der Waals surface area contributed by atoms with Crippen molar-refractivity contribution in [2.75, 3.05) is 0 Å². The summed E-state index contributed by atoms with van der Waals surface area (Å²) in [5.74, 6) is -1.02. The highest BCUT2D eigenvalue weighted by Gasteiger charge is 2.31. The van der Waals surface area contributed by atoms with Crippen LogP contribution in [-0.4, -0.2) is 8.42 Å². The number of hydrogen-bond acceptors (Lipinski definition) is 3. The van der Waals surface area contributed by atoms with E-state index < -0.39 is 32.6 Å². The fourth-order valence-corrected chi connectivity index (χ4v) is 2.72. The molecule has 2 rings (SSSR count). The number of hydrogen-bond donors (Lipinski definition) is 0. The normalized spacial score (nSPS) is 12.2. The van der Waals surface area contributed by atoms with Crippen molar-refractivity contribution in [1.29, 1.82) is 0 Å². The molecule has 0 saturated carbocycles. The van der Waals surface area contributed by atoms with Crippen molar-refractivity contribution in [1.82, 2.24) is 0 Å². The second kappa shape index (κ2) is 5.77. The van der Waals surface area contributed by atoms with Gasteiger partial charge in [0, 0.05) is 0 Å². The van der Waals surface area contributed by atoms with Crippen molar-refractivity contribution < 1.29 is 30.2 Å². The lowest BCUT2D eigenvalue weighted by atomic mass is 10.2. The highest BCUT2D eigenvalue weighted by atomic mass is 35.5. The summed E-state index contributed by atoms with van der Waals surface area (Å²) in [6.07, 6.45) is -4.58. The lowest BCUT2D eigenvalue weighted by Crippen LogP contribution is -2.11. The first kappa shape index (κ1) is 16.6. The molecule has 0 spiro atoms. The first-order valence-electron chi connectivity index (χ1n) is 5.66. The van der Waals surface area contributed by atoms with Gasteiger partial charge in [-0.1, -0.05) is 11.6 Å². The fraction of sp³-hybridized carbons (Fsp3) is 0.0769. The van der Waals surface area contributed by atoms with Crippen LogP contribution in [0.1, 0.15) is 5.56 Å². The molecule has 118 valence electrons. The van der Waals surface area contributed by atoms with Gasteiger partial charge < -0.3 is 4.18 Å². The Labute approximate surface area is 128 Å². The van der Waals surface area contributed by atoms with E-state index in [9.17, 15) is 26.0 Å². The molecule has 0 atom stereocenters. The van der Waals surface area contributed by atoms with Crippen molar-refractivity contribution >= 4 is 21.7 Å². The molecule has 3 nitrogen and oxygen atoms in total. The maximum atomic E-state index is 12.9. The summed E-state index contributed by atoms with van der Waals surface area (Å²) in [6.45, 7) is 0. The van der Waals surface area contributed by atoms with Gasteiger partial charge in [0.1, 0.15) is 10.7 Å². The van der Waals surface area contributed by atoms with E-state index in [1.54, 1.807) is 0 Å². The summed E-state index contributed by atoms with van der Waals surface area (Å²) in [6, 6.07) is 5.53. The first-order valence-corrected chi connectivity index (χ1v) is 7.45. The van der Waals surface area contributed by atoms with Gasteiger partial charge in [0.2, 0.25) is 0 Å². The minimum atomic E-state index is -4.58. The quantitative estimate of drug-likeness (QED) is 0.611. The zero-order valence-corrected chi connectivity index (χ0v) is 12.1. The molecule has 0 aliphatic rings. The maximum absolute atomic E-state index is 12.9. The molecule has 0 aliphatic heterocycles. The SMILES string of the molecule is O=S(=O)(Oc1ccc(F)cc1Cl)c1ccc(C(F)(F)F)cc1. The Morgan fingerprint density at radius 2 is 1.59 bits per heavy atom. The Kier molecular flexibility index (Phi) is 4.35. The van der Waals surface area contributed by atoms with E-state index in [4.69, 9.17) is 15.8 Å². The van der Waals surface area contributed by atoms with Crippen molar-refractivity contribution in [2.24, 2.45) is 0 Å². The van der Waals surface area contributed by atoms with E-state index in [0.29, 0.717) is 12.1 Å². The van der Waals surface area contributed by atoms with Gasteiger partial charge >= 0.3 is 16.3 Å². The van der Waals surface area contributed by atoms with Crippen LogP contribution >= 0.6 is 11.6 Å². The van der Waals surface area contributed by atoms with Crippen molar-refractivity contribution in [3.05, 3.63) is 58.9 Å². The molecule has 0 aromatic heterocycles. The molecule has 0 unspecified atom stereocenters. The maximum Gasteiger partial charge on any atom is 0.416 e. The van der Waals surface area contributed by atoms with Gasteiger partial charge in [-0.05, 0) is 42.5 Å². The molecule has 2 aromatic carbocycles. The Balaban J connectivity index is 2.31. The molecule has 0 saturated heterocycles. The number of alkyl halides is 3. The van der Waals surface area contributed by atoms with Crippen molar-refractivity contribution in [3.63, 3.8) is 0 Å². The summed E-state index contributed by atoms with van der Waals surface area (Å²) in [5.41, 5.74) is -0.994. The average molecular weight is 355 g/mol. The van der Waals surface area contributed by atoms with Crippen LogP contribution in [0.4, 0.5) is 17.6 Å². The van der Waals surface area contributed by atoms with Crippen LogP contribution < -0.4 is 4.18 Å². The average Bonchev–Trinajstić information content (AvgIpc) is 2.41. The van der Waals surface area contributed by atoms with Crippen LogP contribution in [0.25, 0.3) is 0 Å². The molecule has 0 heterocycles. The molecule has 0 aliphatic carbocycles. The third-order valence-electron chi connectivity index (χ3n) is 2.56. The molecule has 9 heteroatoms. The van der Waals surface area contributed by atoms with Crippen LogP contribution in [0, 0.1) is 5.82 Å². The van der Waals surface area contributed by atoms with E-state index in [2.05, 4.69) is 0 Å². The summed E-state index contributed by atoms with van der Waals surface area (Å²) in [7, 11) is -4.39. The fourth-order valence-electron chi connectivity index (χ4n) is 1.52. The van der Waals surface area contributed by atoms with Gasteiger partial charge in [0.25, 0.3) is 0 Å². The molecule has 0 amide bonds. The smallest absolute Gasteiger partial charge is 0.377 e. The van der Waals surface area contributed by atoms with Crippen molar-refractivity contribution in [2.45, 2.75) is 11.1 Å². The zero-order valence-electron chi connectivity index (χ0n) is 10.6. The number of benzene rings is 2. The lowest BCUT2D eigenvalue weighted by Gasteiger charge is -2.10. The van der Waals surface area contributed by atoms with E-state index >= 15 is 0 Å². The molecule has 22 heavy (non-hydrogen) atoms. The van der Waals surface area contributed by atoms with E-state index in [-0.39, 0.29) is 10.8 Å². The predicted octanol–water partition coefficient (Wildman–Crippen LogP) is 4.27. The molecule has 0 bridgehead atoms. The molecule has 0 radical (unpaired) electrons. The summed E-state index contributed by atoms with van der Waals surface area (Å²) >= 11 is 5.63. The van der Waals surface area contributed by atoms with Crippen LogP contribution in [0.3, 0.4) is 0 Å². The molecule has 0 N–H and O–H groups in total. The van der Waals surface area contributed by atoms with Crippen LogP contribution in [0.15, 0.2) is 47.4 Å². The second-order valence-electron chi connectivity index (χ2n) is 4.13. The third kappa shape index (κ3) is 3.69. The Morgan fingerprint density at radius 1 is 1.00 bits per heavy atom. The second-order valence-corrected chi connectivity index (χ2v) is 6.09. The van der Waals surface area contributed by atoms with E-state index in [1.807, 2.05) is 0 Å². The standard InChI is InChI=1S/C13H7ClF4O3S/c14-11-7-9(15)3-6-12(11)21-22(19,20)10-4-1-8(2-5-10)13(16,17)18/h1-7H. The Morgan fingerprint density at radius 3 is 2.09 bits per heavy atom. The largest absolute Gasteiger partial charge is 0.416 e. The first-order chi connectivity index (χ1) is 10.1. The highest BCUT2D eigenvalue weighted by molar-refractivity contribution is 7.87. The van der Waals surface area contributed by atoms with Gasteiger partial charge in [0.05, 0.1) is 10.6 Å². The van der Waals surface area contributed by atoms with Crippen LogP contribution in [-0.2, 0) is 16.3 Å². The Hall–Kier alpha value is -1.80. The third-order valence-corrected chi connectivity index (χ3v) is 4.11. The monoisotopic (exact) mass is 354 g/mol. The highest BCUT2D eigenvalue weighted by Crippen LogP contribution is 2.31. The van der Waals surface area contributed by atoms with Crippen LogP contribution in [0.2, 0.25) is 5.02 Å². The number of halogens is 5. The molecule has 2 aromatic rings. The van der Waals surface area contributed by atoms with Crippen molar-refractivity contribution in [3.8, 4) is 5.75 Å². The summed E-state index contributed by atoms with van der Waals surface area (Å²) < 4.78 is 78.7.